The van der Waals surface area contributed by atoms with E-state index in [9.17, 15) is 14.3 Å². The van der Waals surface area contributed by atoms with Crippen molar-refractivity contribution in [1.29, 1.82) is 0 Å². The second kappa shape index (κ2) is 7.12. The Morgan fingerprint density at radius 2 is 1.78 bits per heavy atom. The Balaban J connectivity index is 1.43. The van der Waals surface area contributed by atoms with Gasteiger partial charge < -0.3 is 14.9 Å². The van der Waals surface area contributed by atoms with Gasteiger partial charge in [-0.15, -0.1) is 0 Å². The van der Waals surface area contributed by atoms with Gasteiger partial charge in [-0.25, -0.2) is 9.24 Å². The highest BCUT2D eigenvalue weighted by Gasteiger charge is 2.50. The number of benzene rings is 1. The predicted octanol–water partition coefficient (Wildman–Crippen LogP) is 3.50. The summed E-state index contributed by atoms with van der Waals surface area (Å²) in [5.41, 5.74) is 0.608. The molecule has 5 nitrogen and oxygen atoms in total. The lowest BCUT2D eigenvalue weighted by molar-refractivity contribution is -0.139. The van der Waals surface area contributed by atoms with Crippen LogP contribution in [0.3, 0.4) is 0 Å². The molecule has 1 N–H and O–H groups in total. The van der Waals surface area contributed by atoms with Gasteiger partial charge in [0.1, 0.15) is 5.82 Å². The van der Waals surface area contributed by atoms with Gasteiger partial charge in [0.15, 0.2) is 5.69 Å². The molecule has 0 bridgehead atoms. The van der Waals surface area contributed by atoms with Crippen molar-refractivity contribution in [1.82, 2.24) is 4.90 Å². The first kappa shape index (κ1) is 18.2. The second-order valence-corrected chi connectivity index (χ2v) is 8.23. The first-order chi connectivity index (χ1) is 13.0. The molecule has 2 heterocycles. The first-order valence-electron chi connectivity index (χ1n) is 9.93. The third-order valence-corrected chi connectivity index (χ3v) is 6.77. The number of carbonyl (C=O) groups is 1. The number of aliphatic hydroxyl groups excluding tert-OH is 1. The summed E-state index contributed by atoms with van der Waals surface area (Å²) in [7, 11) is 0. The van der Waals surface area contributed by atoms with Crippen molar-refractivity contribution in [2.75, 3.05) is 24.5 Å². The lowest BCUT2D eigenvalue weighted by atomic mass is 9.77. The maximum Gasteiger partial charge on any atom is 0.229 e. The molecule has 0 atom stereocenters. The normalized spacial score (nSPS) is 27.8. The monoisotopic (exact) mass is 371 g/mol. The molecule has 3 aliphatic rings. The molecule has 0 radical (unpaired) electrons. The van der Waals surface area contributed by atoms with Crippen LogP contribution >= 0.6 is 0 Å². The fraction of sp³-hybridized carbons (Fsp3) is 0.619. The number of carbonyl (C=O) groups excluding carboxylic acids is 1. The van der Waals surface area contributed by atoms with Crippen LogP contribution < -0.4 is 4.90 Å². The second-order valence-electron chi connectivity index (χ2n) is 8.23. The van der Waals surface area contributed by atoms with Gasteiger partial charge in [0.05, 0.1) is 23.8 Å². The van der Waals surface area contributed by atoms with E-state index in [4.69, 9.17) is 6.57 Å². The summed E-state index contributed by atoms with van der Waals surface area (Å²) < 4.78 is 14.2. The molecule has 1 spiro atoms. The molecule has 1 saturated carbocycles. The summed E-state index contributed by atoms with van der Waals surface area (Å²) in [6.07, 6.45) is 5.49. The topological polar surface area (TPSA) is 48.1 Å². The van der Waals surface area contributed by atoms with E-state index in [1.165, 1.54) is 12.1 Å². The summed E-state index contributed by atoms with van der Waals surface area (Å²) in [4.78, 5) is 20.6. The lowest BCUT2D eigenvalue weighted by Crippen LogP contribution is -2.47. The molecule has 6 heteroatoms. The summed E-state index contributed by atoms with van der Waals surface area (Å²) in [5, 5.41) is 9.72. The Bertz CT molecular complexity index is 759. The minimum Gasteiger partial charge on any atom is -0.393 e. The van der Waals surface area contributed by atoms with Crippen molar-refractivity contribution in [2.24, 2.45) is 5.41 Å². The molecular weight excluding hydrogens is 345 g/mol. The van der Waals surface area contributed by atoms with Gasteiger partial charge in [-0.3, -0.25) is 4.79 Å². The lowest BCUT2D eigenvalue weighted by Gasteiger charge is -2.40. The number of nitrogens with zero attached hydrogens (tertiary/aromatic N) is 3. The Morgan fingerprint density at radius 1 is 1.11 bits per heavy atom. The highest BCUT2D eigenvalue weighted by molar-refractivity contribution is 5.85. The molecule has 2 saturated heterocycles. The van der Waals surface area contributed by atoms with Crippen LogP contribution in [0.2, 0.25) is 0 Å². The van der Waals surface area contributed by atoms with E-state index >= 15 is 0 Å². The van der Waals surface area contributed by atoms with Crippen molar-refractivity contribution in [3.8, 4) is 0 Å². The van der Waals surface area contributed by atoms with Crippen molar-refractivity contribution < 1.29 is 14.3 Å². The van der Waals surface area contributed by atoms with Gasteiger partial charge in [0.25, 0.3) is 0 Å². The van der Waals surface area contributed by atoms with Crippen LogP contribution in [0.15, 0.2) is 18.2 Å². The van der Waals surface area contributed by atoms with Crippen molar-refractivity contribution >= 4 is 17.3 Å². The molecule has 0 unspecified atom stereocenters. The van der Waals surface area contributed by atoms with Gasteiger partial charge in [0.2, 0.25) is 5.91 Å². The van der Waals surface area contributed by atoms with Crippen LogP contribution in [0.1, 0.15) is 44.9 Å². The maximum atomic E-state index is 14.2. The molecule has 2 aliphatic heterocycles. The number of rotatable bonds is 2. The third kappa shape index (κ3) is 3.29. The minimum absolute atomic E-state index is 0.211. The van der Waals surface area contributed by atoms with Crippen LogP contribution in [0.25, 0.3) is 4.85 Å². The van der Waals surface area contributed by atoms with Gasteiger partial charge in [-0.1, -0.05) is 6.07 Å². The van der Waals surface area contributed by atoms with Crippen LogP contribution in [0, 0.1) is 17.8 Å². The zero-order chi connectivity index (χ0) is 19.0. The third-order valence-electron chi connectivity index (χ3n) is 6.77. The summed E-state index contributed by atoms with van der Waals surface area (Å²) >= 11 is 0. The van der Waals surface area contributed by atoms with E-state index in [1.54, 1.807) is 6.07 Å². The van der Waals surface area contributed by atoms with Crippen LogP contribution in [0.5, 0.6) is 0 Å². The first-order valence-corrected chi connectivity index (χ1v) is 9.93. The van der Waals surface area contributed by atoms with E-state index in [1.807, 2.05) is 4.90 Å². The minimum atomic E-state index is -0.307. The van der Waals surface area contributed by atoms with Crippen LogP contribution in [-0.2, 0) is 4.79 Å². The van der Waals surface area contributed by atoms with Crippen molar-refractivity contribution in [2.45, 2.75) is 57.1 Å². The summed E-state index contributed by atoms with van der Waals surface area (Å²) in [6.45, 7) is 9.22. The molecule has 3 fully saturated rings. The van der Waals surface area contributed by atoms with E-state index in [0.717, 1.165) is 51.5 Å². The van der Waals surface area contributed by atoms with Crippen molar-refractivity contribution in [3.63, 3.8) is 0 Å². The number of hydrogen-bond acceptors (Lipinski definition) is 3. The Morgan fingerprint density at radius 3 is 2.44 bits per heavy atom. The summed E-state index contributed by atoms with van der Waals surface area (Å²) in [6, 6.07) is 4.73. The van der Waals surface area contributed by atoms with Gasteiger partial charge >= 0.3 is 0 Å². The molecule has 0 aromatic heterocycles. The van der Waals surface area contributed by atoms with Gasteiger partial charge in [-0.05, 0) is 57.1 Å². The van der Waals surface area contributed by atoms with Crippen LogP contribution in [0.4, 0.5) is 15.8 Å². The molecule has 1 aromatic rings. The van der Waals surface area contributed by atoms with Gasteiger partial charge in [0, 0.05) is 25.7 Å². The van der Waals surface area contributed by atoms with E-state index in [2.05, 4.69) is 9.74 Å². The number of aliphatic hydroxyl groups is 1. The maximum absolute atomic E-state index is 14.2. The standard InChI is InChI=1S/C21H26FN3O2/c1-23-15-2-7-18(22)19(14-15)24-11-8-21(9-12-24)10-13-25(20(21)27)16-3-5-17(26)6-4-16/h2,7,14,16-17,26H,3-6,8-13H2. The molecule has 144 valence electrons. The zero-order valence-electron chi connectivity index (χ0n) is 15.5. The van der Waals surface area contributed by atoms with E-state index in [-0.39, 0.29) is 29.3 Å². The molecule has 27 heavy (non-hydrogen) atoms. The zero-order valence-corrected chi connectivity index (χ0v) is 15.5. The molecule has 1 aromatic carbocycles. The van der Waals surface area contributed by atoms with E-state index in [0.29, 0.717) is 24.5 Å². The number of likely N-dealkylation sites (tertiary alicyclic amines) is 1. The fourth-order valence-corrected chi connectivity index (χ4v) is 5.02. The fourth-order valence-electron chi connectivity index (χ4n) is 5.02. The molecule has 4 rings (SSSR count). The largest absolute Gasteiger partial charge is 0.393 e. The Kier molecular flexibility index (Phi) is 4.81. The van der Waals surface area contributed by atoms with E-state index < -0.39 is 0 Å². The number of halogens is 1. The molecule has 1 amide bonds. The predicted molar refractivity (Wildman–Crippen MR) is 101 cm³/mol. The number of hydrogen-bond donors (Lipinski definition) is 1. The summed E-state index contributed by atoms with van der Waals surface area (Å²) in [5.74, 6) is -0.0441. The molecule has 1 aliphatic carbocycles. The highest BCUT2D eigenvalue weighted by Crippen LogP contribution is 2.44. The highest BCUT2D eigenvalue weighted by atomic mass is 19.1. The van der Waals surface area contributed by atoms with Crippen LogP contribution in [-0.4, -0.2) is 47.7 Å². The Labute approximate surface area is 159 Å². The molecular formula is C21H26FN3O2. The number of anilines is 1. The quantitative estimate of drug-likeness (QED) is 0.810. The SMILES string of the molecule is [C-]#[N+]c1ccc(F)c(N2CCC3(CC2)CCN(C2CCC(O)CC2)C3=O)c1. The van der Waals surface area contributed by atoms with Gasteiger partial charge in [-0.2, -0.15) is 0 Å². The number of amides is 1. The average molecular weight is 371 g/mol. The smallest absolute Gasteiger partial charge is 0.229 e. The number of piperidine rings is 1. The average Bonchev–Trinajstić information content (AvgIpc) is 3.00. The Hall–Kier alpha value is -2.13. The van der Waals surface area contributed by atoms with Crippen molar-refractivity contribution in [3.05, 3.63) is 35.4 Å².